The molecule has 1 rings (SSSR count). The van der Waals surface area contributed by atoms with Crippen molar-refractivity contribution < 1.29 is 13.2 Å². The lowest BCUT2D eigenvalue weighted by Gasteiger charge is -2.22. The van der Waals surface area contributed by atoms with E-state index >= 15 is 0 Å². The summed E-state index contributed by atoms with van der Waals surface area (Å²) in [5, 5.41) is 3.00. The van der Waals surface area contributed by atoms with Crippen LogP contribution in [-0.4, -0.2) is 33.7 Å². The Hall–Kier alpha value is -1.56. The van der Waals surface area contributed by atoms with Crippen molar-refractivity contribution in [2.24, 2.45) is 5.92 Å². The Morgan fingerprint density at radius 2 is 1.81 bits per heavy atom. The molecule has 1 aromatic rings. The summed E-state index contributed by atoms with van der Waals surface area (Å²) in [5.41, 5.74) is 1.72. The van der Waals surface area contributed by atoms with E-state index in [1.54, 1.807) is 12.1 Å². The zero-order chi connectivity index (χ0) is 19.6. The van der Waals surface area contributed by atoms with Crippen LogP contribution in [0.3, 0.4) is 0 Å². The first kappa shape index (κ1) is 22.5. The van der Waals surface area contributed by atoms with Crippen molar-refractivity contribution in [2.75, 3.05) is 23.7 Å². The molecular formula is C20H34N2O3S. The number of hydrogen-bond donors (Lipinski definition) is 1. The Labute approximate surface area is 159 Å². The molecule has 1 aromatic carbocycles. The van der Waals surface area contributed by atoms with Gasteiger partial charge in [0.1, 0.15) is 0 Å². The van der Waals surface area contributed by atoms with Crippen molar-refractivity contribution in [3.05, 3.63) is 29.8 Å². The van der Waals surface area contributed by atoms with Gasteiger partial charge in [-0.3, -0.25) is 9.10 Å². The molecule has 1 N–H and O–H groups in total. The van der Waals surface area contributed by atoms with E-state index in [2.05, 4.69) is 19.2 Å². The molecule has 0 aliphatic carbocycles. The summed E-state index contributed by atoms with van der Waals surface area (Å²) >= 11 is 0. The molecule has 0 aliphatic rings. The van der Waals surface area contributed by atoms with Crippen molar-refractivity contribution in [1.82, 2.24) is 5.32 Å². The van der Waals surface area contributed by atoms with Crippen molar-refractivity contribution in [2.45, 2.75) is 59.3 Å². The minimum absolute atomic E-state index is 0.00249. The van der Waals surface area contributed by atoms with E-state index in [9.17, 15) is 13.2 Å². The summed E-state index contributed by atoms with van der Waals surface area (Å²) in [6, 6.07) is 7.38. The minimum atomic E-state index is -3.37. The fraction of sp³-hybridized carbons (Fsp3) is 0.650. The van der Waals surface area contributed by atoms with Crippen molar-refractivity contribution >= 4 is 21.6 Å². The summed E-state index contributed by atoms with van der Waals surface area (Å²) < 4.78 is 25.5. The van der Waals surface area contributed by atoms with Crippen LogP contribution in [0.1, 0.15) is 57.9 Å². The summed E-state index contributed by atoms with van der Waals surface area (Å²) in [6.07, 6.45) is 6.60. The predicted molar refractivity (Wildman–Crippen MR) is 109 cm³/mol. The predicted octanol–water partition coefficient (Wildman–Crippen LogP) is 3.87. The molecule has 0 saturated carbocycles. The van der Waals surface area contributed by atoms with Gasteiger partial charge in [-0.25, -0.2) is 8.42 Å². The van der Waals surface area contributed by atoms with Crippen molar-refractivity contribution in [1.29, 1.82) is 0 Å². The Balaban J connectivity index is 2.49. The maximum absolute atomic E-state index is 12.1. The quantitative estimate of drug-likeness (QED) is 0.597. The first-order valence-corrected chi connectivity index (χ1v) is 11.4. The van der Waals surface area contributed by atoms with Crippen LogP contribution in [0.25, 0.3) is 0 Å². The van der Waals surface area contributed by atoms with Gasteiger partial charge >= 0.3 is 0 Å². The van der Waals surface area contributed by atoms with Crippen LogP contribution in [0.4, 0.5) is 5.69 Å². The molecule has 0 aliphatic heterocycles. The highest BCUT2D eigenvalue weighted by Crippen LogP contribution is 2.19. The zero-order valence-corrected chi connectivity index (χ0v) is 17.4. The second-order valence-corrected chi connectivity index (χ2v) is 8.90. The molecule has 0 heterocycles. The number of rotatable bonds is 12. The number of amides is 1. The molecule has 0 radical (unpaired) electrons. The molecule has 0 spiro atoms. The van der Waals surface area contributed by atoms with Crippen LogP contribution in [0, 0.1) is 12.8 Å². The zero-order valence-electron chi connectivity index (χ0n) is 16.6. The molecule has 0 fully saturated rings. The molecular weight excluding hydrogens is 348 g/mol. The molecule has 0 saturated heterocycles. The molecule has 5 nitrogen and oxygen atoms in total. The van der Waals surface area contributed by atoms with Crippen molar-refractivity contribution in [3.8, 4) is 0 Å². The van der Waals surface area contributed by atoms with Gasteiger partial charge in [0.2, 0.25) is 15.9 Å². The van der Waals surface area contributed by atoms with Gasteiger partial charge in [0.05, 0.1) is 11.9 Å². The number of benzene rings is 1. The van der Waals surface area contributed by atoms with E-state index in [-0.39, 0.29) is 5.91 Å². The van der Waals surface area contributed by atoms with Crippen LogP contribution in [0.5, 0.6) is 0 Å². The summed E-state index contributed by atoms with van der Waals surface area (Å²) in [6.45, 7) is 7.30. The van der Waals surface area contributed by atoms with Crippen LogP contribution < -0.4 is 9.62 Å². The number of carbonyl (C=O) groups is 1. The molecule has 1 atom stereocenters. The number of nitrogens with one attached hydrogen (secondary N) is 1. The monoisotopic (exact) mass is 382 g/mol. The van der Waals surface area contributed by atoms with Gasteiger partial charge in [-0.1, -0.05) is 50.8 Å². The third-order valence-electron chi connectivity index (χ3n) is 4.62. The van der Waals surface area contributed by atoms with E-state index in [1.165, 1.54) is 23.4 Å². The number of aryl methyl sites for hydroxylation is 1. The first-order chi connectivity index (χ1) is 12.3. The topological polar surface area (TPSA) is 66.5 Å². The lowest BCUT2D eigenvalue weighted by molar-refractivity contribution is -0.121. The fourth-order valence-electron chi connectivity index (χ4n) is 2.87. The Morgan fingerprint density at radius 1 is 1.15 bits per heavy atom. The highest BCUT2D eigenvalue weighted by atomic mass is 32.2. The second-order valence-electron chi connectivity index (χ2n) is 6.99. The Kier molecular flexibility index (Phi) is 9.70. The first-order valence-electron chi connectivity index (χ1n) is 9.59. The highest BCUT2D eigenvalue weighted by Gasteiger charge is 2.17. The Morgan fingerprint density at radius 3 is 2.35 bits per heavy atom. The molecule has 26 heavy (non-hydrogen) atoms. The number of hydrogen-bond acceptors (Lipinski definition) is 3. The Bertz CT molecular complexity index is 642. The maximum Gasteiger partial charge on any atom is 0.232 e. The van der Waals surface area contributed by atoms with Crippen molar-refractivity contribution in [3.63, 3.8) is 0 Å². The lowest BCUT2D eigenvalue weighted by Crippen LogP contribution is -2.33. The van der Waals surface area contributed by atoms with Crippen LogP contribution in [0.15, 0.2) is 24.3 Å². The number of carbonyl (C=O) groups excluding carboxylic acids is 1. The fourth-order valence-corrected chi connectivity index (χ4v) is 3.84. The average molecular weight is 383 g/mol. The second kappa shape index (κ2) is 11.2. The van der Waals surface area contributed by atoms with E-state index in [4.69, 9.17) is 0 Å². The minimum Gasteiger partial charge on any atom is -0.356 e. The van der Waals surface area contributed by atoms with Gasteiger partial charge in [-0.15, -0.1) is 0 Å². The van der Waals surface area contributed by atoms with Gasteiger partial charge in [0.15, 0.2) is 0 Å². The van der Waals surface area contributed by atoms with Crippen LogP contribution >= 0.6 is 0 Å². The van der Waals surface area contributed by atoms with Gasteiger partial charge < -0.3 is 5.32 Å². The third kappa shape index (κ3) is 8.21. The highest BCUT2D eigenvalue weighted by molar-refractivity contribution is 7.92. The summed E-state index contributed by atoms with van der Waals surface area (Å²) in [7, 11) is -3.37. The summed E-state index contributed by atoms with van der Waals surface area (Å²) in [5.74, 6) is 0.524. The molecule has 1 unspecified atom stereocenters. The van der Waals surface area contributed by atoms with E-state index in [0.717, 1.165) is 18.4 Å². The van der Waals surface area contributed by atoms with Gasteiger partial charge in [0, 0.05) is 19.5 Å². The molecule has 6 heteroatoms. The number of anilines is 1. The number of sulfonamides is 1. The summed E-state index contributed by atoms with van der Waals surface area (Å²) in [4.78, 5) is 12.1. The van der Waals surface area contributed by atoms with Gasteiger partial charge in [-0.05, 0) is 37.8 Å². The standard InChI is InChI=1S/C20H34N2O3S/c1-5-7-9-18(6-2)16-21-20(23)10-8-15-22(26(4,24)25)19-13-11-17(3)12-14-19/h11-14,18H,5-10,15-16H2,1-4H3,(H,21,23). The number of unbranched alkanes of at least 4 members (excludes halogenated alkanes) is 1. The maximum atomic E-state index is 12.1. The van der Waals surface area contributed by atoms with E-state index in [0.29, 0.717) is 37.5 Å². The molecule has 0 bridgehead atoms. The lowest BCUT2D eigenvalue weighted by atomic mass is 9.99. The SMILES string of the molecule is CCCCC(CC)CNC(=O)CCCN(c1ccc(C)cc1)S(C)(=O)=O. The normalized spacial score (nSPS) is 12.6. The third-order valence-corrected chi connectivity index (χ3v) is 5.81. The van der Waals surface area contributed by atoms with E-state index < -0.39 is 10.0 Å². The molecule has 0 aromatic heterocycles. The largest absolute Gasteiger partial charge is 0.356 e. The van der Waals surface area contributed by atoms with Crippen LogP contribution in [0.2, 0.25) is 0 Å². The van der Waals surface area contributed by atoms with E-state index in [1.807, 2.05) is 19.1 Å². The molecule has 148 valence electrons. The molecule has 1 amide bonds. The average Bonchev–Trinajstić information content (AvgIpc) is 2.59. The number of nitrogens with zero attached hydrogens (tertiary/aromatic N) is 1. The smallest absolute Gasteiger partial charge is 0.232 e. The van der Waals surface area contributed by atoms with Gasteiger partial charge in [-0.2, -0.15) is 0 Å². The van der Waals surface area contributed by atoms with Crippen LogP contribution in [-0.2, 0) is 14.8 Å². The van der Waals surface area contributed by atoms with Gasteiger partial charge in [0.25, 0.3) is 0 Å².